The monoisotopic (exact) mass is 300 g/mol. The lowest BCUT2D eigenvalue weighted by molar-refractivity contribution is 0.585. The Labute approximate surface area is 126 Å². The standard InChI is InChI=1S/C14H16N6S/c1-6-21-9-11(1)7-12-8-16-13(14-18-17-10-20(12)14)19-4-2-15-3-5-19/h1,6,8-10,15H,2-5,7H2. The summed E-state index contributed by atoms with van der Waals surface area (Å²) in [5.74, 6) is 0.933. The number of rotatable bonds is 3. The lowest BCUT2D eigenvalue weighted by atomic mass is 10.2. The Balaban J connectivity index is 1.73. The second-order valence-corrected chi connectivity index (χ2v) is 5.92. The zero-order chi connectivity index (χ0) is 14.1. The first-order chi connectivity index (χ1) is 10.4. The van der Waals surface area contributed by atoms with Crippen molar-refractivity contribution in [3.63, 3.8) is 0 Å². The number of fused-ring (bicyclic) bond motifs is 1. The molecule has 0 aromatic carbocycles. The molecule has 1 N–H and O–H groups in total. The maximum absolute atomic E-state index is 4.66. The van der Waals surface area contributed by atoms with E-state index < -0.39 is 0 Å². The molecule has 7 heteroatoms. The molecule has 0 spiro atoms. The van der Waals surface area contributed by atoms with Crippen LogP contribution in [0.15, 0.2) is 29.4 Å². The SMILES string of the molecule is c1cc(Cc2cnc(N3CCNCC3)c3nncn23)cs1. The normalized spacial score (nSPS) is 15.7. The second-order valence-electron chi connectivity index (χ2n) is 5.14. The highest BCUT2D eigenvalue weighted by Gasteiger charge is 2.17. The van der Waals surface area contributed by atoms with E-state index >= 15 is 0 Å². The van der Waals surface area contributed by atoms with Crippen molar-refractivity contribution in [2.45, 2.75) is 6.42 Å². The molecule has 1 aliphatic heterocycles. The van der Waals surface area contributed by atoms with Crippen LogP contribution in [0.5, 0.6) is 0 Å². The van der Waals surface area contributed by atoms with E-state index in [-0.39, 0.29) is 0 Å². The molecule has 4 heterocycles. The lowest BCUT2D eigenvalue weighted by Crippen LogP contribution is -2.44. The number of piperazine rings is 1. The first kappa shape index (κ1) is 12.7. The average molecular weight is 300 g/mol. The summed E-state index contributed by atoms with van der Waals surface area (Å²) in [6.07, 6.45) is 4.59. The maximum atomic E-state index is 4.66. The molecule has 4 rings (SSSR count). The highest BCUT2D eigenvalue weighted by molar-refractivity contribution is 7.07. The predicted octanol–water partition coefficient (Wildman–Crippen LogP) is 1.19. The van der Waals surface area contributed by atoms with E-state index in [4.69, 9.17) is 0 Å². The summed E-state index contributed by atoms with van der Waals surface area (Å²) >= 11 is 1.72. The molecule has 0 atom stereocenters. The molecule has 1 aliphatic rings. The van der Waals surface area contributed by atoms with Crippen molar-refractivity contribution in [3.05, 3.63) is 40.6 Å². The van der Waals surface area contributed by atoms with Crippen molar-refractivity contribution in [2.24, 2.45) is 0 Å². The molecule has 21 heavy (non-hydrogen) atoms. The van der Waals surface area contributed by atoms with Crippen LogP contribution in [0.4, 0.5) is 5.82 Å². The van der Waals surface area contributed by atoms with Crippen molar-refractivity contribution in [2.75, 3.05) is 31.1 Å². The van der Waals surface area contributed by atoms with Gasteiger partial charge in [0.25, 0.3) is 0 Å². The van der Waals surface area contributed by atoms with Gasteiger partial charge < -0.3 is 10.2 Å². The fraction of sp³-hybridized carbons (Fsp3) is 0.357. The Morgan fingerprint density at radius 3 is 3.00 bits per heavy atom. The summed E-state index contributed by atoms with van der Waals surface area (Å²) in [5, 5.41) is 16.0. The molecule has 0 saturated carbocycles. The highest BCUT2D eigenvalue weighted by Crippen LogP contribution is 2.20. The average Bonchev–Trinajstić information content (AvgIpc) is 3.19. The van der Waals surface area contributed by atoms with E-state index in [1.54, 1.807) is 17.7 Å². The van der Waals surface area contributed by atoms with Gasteiger partial charge in [0, 0.05) is 44.5 Å². The summed E-state index contributed by atoms with van der Waals surface area (Å²) in [5.41, 5.74) is 3.27. The Morgan fingerprint density at radius 1 is 1.29 bits per heavy atom. The molecule has 3 aromatic heterocycles. The van der Waals surface area contributed by atoms with E-state index in [0.717, 1.165) is 49.8 Å². The Morgan fingerprint density at radius 2 is 2.19 bits per heavy atom. The molecule has 0 radical (unpaired) electrons. The van der Waals surface area contributed by atoms with Gasteiger partial charge in [0.1, 0.15) is 6.33 Å². The van der Waals surface area contributed by atoms with Crippen LogP contribution in [0.25, 0.3) is 5.65 Å². The van der Waals surface area contributed by atoms with Gasteiger partial charge in [-0.25, -0.2) is 4.98 Å². The van der Waals surface area contributed by atoms with Gasteiger partial charge in [0.2, 0.25) is 5.65 Å². The van der Waals surface area contributed by atoms with Crippen molar-refractivity contribution < 1.29 is 0 Å². The molecular weight excluding hydrogens is 284 g/mol. The minimum atomic E-state index is 0.852. The number of anilines is 1. The quantitative estimate of drug-likeness (QED) is 0.787. The van der Waals surface area contributed by atoms with Crippen molar-refractivity contribution in [3.8, 4) is 0 Å². The zero-order valence-corrected chi connectivity index (χ0v) is 12.4. The van der Waals surface area contributed by atoms with Gasteiger partial charge >= 0.3 is 0 Å². The molecule has 1 saturated heterocycles. The Hall–Kier alpha value is -1.99. The predicted molar refractivity (Wildman–Crippen MR) is 83.0 cm³/mol. The van der Waals surface area contributed by atoms with Crippen LogP contribution < -0.4 is 10.2 Å². The van der Waals surface area contributed by atoms with E-state index in [1.807, 2.05) is 6.20 Å². The minimum Gasteiger partial charge on any atom is -0.351 e. The Kier molecular flexibility index (Phi) is 3.28. The molecule has 0 unspecified atom stereocenters. The Bertz CT molecular complexity index is 729. The third-order valence-corrected chi connectivity index (χ3v) is 4.51. The van der Waals surface area contributed by atoms with Crippen LogP contribution in [0.1, 0.15) is 11.3 Å². The fourth-order valence-electron chi connectivity index (χ4n) is 2.69. The van der Waals surface area contributed by atoms with Crippen molar-refractivity contribution >= 4 is 22.8 Å². The molecule has 0 aliphatic carbocycles. The van der Waals surface area contributed by atoms with Gasteiger partial charge in [0.05, 0.1) is 0 Å². The van der Waals surface area contributed by atoms with Crippen LogP contribution in [0.2, 0.25) is 0 Å². The van der Waals surface area contributed by atoms with Gasteiger partial charge in [-0.15, -0.1) is 10.2 Å². The van der Waals surface area contributed by atoms with Gasteiger partial charge in [-0.2, -0.15) is 11.3 Å². The molecule has 1 fully saturated rings. The van der Waals surface area contributed by atoms with Gasteiger partial charge in [0.15, 0.2) is 5.82 Å². The second kappa shape index (κ2) is 5.42. The van der Waals surface area contributed by atoms with E-state index in [2.05, 4.69) is 46.6 Å². The number of nitrogens with one attached hydrogen (secondary N) is 1. The van der Waals surface area contributed by atoms with Gasteiger partial charge in [-0.05, 0) is 22.4 Å². The van der Waals surface area contributed by atoms with E-state index in [9.17, 15) is 0 Å². The summed E-state index contributed by atoms with van der Waals surface area (Å²) in [6, 6.07) is 2.14. The largest absolute Gasteiger partial charge is 0.351 e. The number of aromatic nitrogens is 4. The van der Waals surface area contributed by atoms with Crippen molar-refractivity contribution in [1.29, 1.82) is 0 Å². The van der Waals surface area contributed by atoms with Crippen LogP contribution in [0.3, 0.4) is 0 Å². The summed E-state index contributed by atoms with van der Waals surface area (Å²) < 4.78 is 2.06. The molecule has 3 aromatic rings. The number of hydrogen-bond donors (Lipinski definition) is 1. The van der Waals surface area contributed by atoms with Crippen LogP contribution >= 0.6 is 11.3 Å². The molecule has 0 bridgehead atoms. The fourth-order valence-corrected chi connectivity index (χ4v) is 3.35. The number of thiophene rings is 1. The smallest absolute Gasteiger partial charge is 0.203 e. The molecule has 0 amide bonds. The van der Waals surface area contributed by atoms with E-state index in [0.29, 0.717) is 0 Å². The van der Waals surface area contributed by atoms with Crippen LogP contribution in [-0.4, -0.2) is 45.8 Å². The first-order valence-corrected chi connectivity index (χ1v) is 8.00. The molecular formula is C14H16N6S. The summed E-state index contributed by atoms with van der Waals surface area (Å²) in [6.45, 7) is 3.88. The van der Waals surface area contributed by atoms with Gasteiger partial charge in [-0.1, -0.05) is 0 Å². The third kappa shape index (κ3) is 2.38. The topological polar surface area (TPSA) is 58.4 Å². The summed E-state index contributed by atoms with van der Waals surface area (Å²) in [4.78, 5) is 6.93. The van der Waals surface area contributed by atoms with Crippen molar-refractivity contribution in [1.82, 2.24) is 24.9 Å². The summed E-state index contributed by atoms with van der Waals surface area (Å²) in [7, 11) is 0. The van der Waals surface area contributed by atoms with E-state index in [1.165, 1.54) is 5.56 Å². The van der Waals surface area contributed by atoms with Crippen LogP contribution in [-0.2, 0) is 6.42 Å². The molecule has 6 nitrogen and oxygen atoms in total. The molecule has 108 valence electrons. The number of nitrogens with zero attached hydrogens (tertiary/aromatic N) is 5. The zero-order valence-electron chi connectivity index (χ0n) is 11.6. The van der Waals surface area contributed by atoms with Crippen LogP contribution in [0, 0.1) is 0 Å². The highest BCUT2D eigenvalue weighted by atomic mass is 32.1. The third-order valence-electron chi connectivity index (χ3n) is 3.77. The number of hydrogen-bond acceptors (Lipinski definition) is 6. The lowest BCUT2D eigenvalue weighted by Gasteiger charge is -2.28. The maximum Gasteiger partial charge on any atom is 0.203 e. The first-order valence-electron chi connectivity index (χ1n) is 7.06. The minimum absolute atomic E-state index is 0.852. The van der Waals surface area contributed by atoms with Gasteiger partial charge in [-0.3, -0.25) is 4.40 Å².